The van der Waals surface area contributed by atoms with Crippen molar-refractivity contribution in [2.24, 2.45) is 0 Å². The molecule has 1 atom stereocenters. The van der Waals surface area contributed by atoms with Gasteiger partial charge in [-0.05, 0) is 29.8 Å². The predicted molar refractivity (Wildman–Crippen MR) is 82.4 cm³/mol. The van der Waals surface area contributed by atoms with Crippen molar-refractivity contribution in [3.63, 3.8) is 0 Å². The van der Waals surface area contributed by atoms with Gasteiger partial charge in [0.25, 0.3) is 0 Å². The molecule has 0 aromatic heterocycles. The van der Waals surface area contributed by atoms with Crippen LogP contribution in [0.5, 0.6) is 5.75 Å². The standard InChI is InChI=1S/C15H10BrCl2FO/c16-11-2-1-3-12(19)13(11)14(18)10-7-9(17)6-8-4-5-20-15(8)10/h1-3,6-7,14H,4-5H2. The summed E-state index contributed by atoms with van der Waals surface area (Å²) >= 11 is 16.0. The maximum absolute atomic E-state index is 14.1. The summed E-state index contributed by atoms with van der Waals surface area (Å²) in [6.07, 6.45) is 0.797. The van der Waals surface area contributed by atoms with E-state index in [0.29, 0.717) is 27.2 Å². The van der Waals surface area contributed by atoms with Gasteiger partial charge in [-0.3, -0.25) is 0 Å². The Bertz CT molecular complexity index is 655. The molecule has 0 amide bonds. The molecule has 0 N–H and O–H groups in total. The molecule has 0 bridgehead atoms. The molecule has 3 rings (SSSR count). The molecule has 0 saturated heterocycles. The lowest BCUT2D eigenvalue weighted by molar-refractivity contribution is 0.353. The molecule has 0 aliphatic carbocycles. The smallest absolute Gasteiger partial charge is 0.129 e. The first-order valence-electron chi connectivity index (χ1n) is 6.11. The highest BCUT2D eigenvalue weighted by atomic mass is 79.9. The molecule has 1 aliphatic heterocycles. The number of hydrogen-bond donors (Lipinski definition) is 0. The van der Waals surface area contributed by atoms with Crippen LogP contribution >= 0.6 is 39.1 Å². The van der Waals surface area contributed by atoms with Crippen LogP contribution in [0.25, 0.3) is 0 Å². The minimum absolute atomic E-state index is 0.355. The van der Waals surface area contributed by atoms with Crippen LogP contribution in [-0.2, 0) is 6.42 Å². The van der Waals surface area contributed by atoms with E-state index in [0.717, 1.165) is 17.7 Å². The molecule has 5 heteroatoms. The van der Waals surface area contributed by atoms with Crippen molar-refractivity contribution in [3.8, 4) is 5.75 Å². The van der Waals surface area contributed by atoms with E-state index in [1.165, 1.54) is 6.07 Å². The normalized spacial score (nSPS) is 14.8. The zero-order chi connectivity index (χ0) is 14.3. The summed E-state index contributed by atoms with van der Waals surface area (Å²) < 4.78 is 20.3. The van der Waals surface area contributed by atoms with Gasteiger partial charge in [0.1, 0.15) is 11.6 Å². The SMILES string of the molecule is Fc1cccc(Br)c1C(Cl)c1cc(Cl)cc2c1OCC2. The third-order valence-electron chi connectivity index (χ3n) is 3.30. The summed E-state index contributed by atoms with van der Waals surface area (Å²) in [6, 6.07) is 8.39. The van der Waals surface area contributed by atoms with Gasteiger partial charge in [-0.15, -0.1) is 11.6 Å². The fourth-order valence-corrected chi connectivity index (χ4v) is 3.73. The van der Waals surface area contributed by atoms with Gasteiger partial charge in [-0.25, -0.2) is 4.39 Å². The highest BCUT2D eigenvalue weighted by Gasteiger charge is 2.26. The monoisotopic (exact) mass is 374 g/mol. The molecule has 1 aliphatic rings. The molecule has 1 unspecified atom stereocenters. The second kappa shape index (κ2) is 5.55. The maximum atomic E-state index is 14.1. The van der Waals surface area contributed by atoms with Crippen molar-refractivity contribution >= 4 is 39.1 Å². The van der Waals surface area contributed by atoms with Crippen LogP contribution in [0.2, 0.25) is 5.02 Å². The number of benzene rings is 2. The lowest BCUT2D eigenvalue weighted by Gasteiger charge is -2.16. The molecule has 2 aromatic rings. The van der Waals surface area contributed by atoms with E-state index in [-0.39, 0.29) is 5.82 Å². The Morgan fingerprint density at radius 2 is 2.10 bits per heavy atom. The third kappa shape index (κ3) is 2.43. The van der Waals surface area contributed by atoms with E-state index < -0.39 is 5.38 Å². The van der Waals surface area contributed by atoms with Gasteiger partial charge in [0.15, 0.2) is 0 Å². The number of halogens is 4. The summed E-state index contributed by atoms with van der Waals surface area (Å²) in [5, 5.41) is -0.0708. The Labute approximate surface area is 134 Å². The lowest BCUT2D eigenvalue weighted by Crippen LogP contribution is -2.01. The average molecular weight is 376 g/mol. The first-order chi connectivity index (χ1) is 9.58. The third-order valence-corrected chi connectivity index (χ3v) is 4.67. The van der Waals surface area contributed by atoms with E-state index in [4.69, 9.17) is 27.9 Å². The highest BCUT2D eigenvalue weighted by Crippen LogP contribution is 2.43. The van der Waals surface area contributed by atoms with Gasteiger partial charge in [-0.1, -0.05) is 33.6 Å². The van der Waals surface area contributed by atoms with Crippen LogP contribution in [0.15, 0.2) is 34.8 Å². The second-order valence-corrected chi connectivity index (χ2v) is 6.31. The minimum Gasteiger partial charge on any atom is -0.493 e. The van der Waals surface area contributed by atoms with Crippen LogP contribution in [0.3, 0.4) is 0 Å². The molecular weight excluding hydrogens is 366 g/mol. The number of alkyl halides is 1. The van der Waals surface area contributed by atoms with Crippen molar-refractivity contribution in [3.05, 3.63) is 62.3 Å². The summed E-state index contributed by atoms with van der Waals surface area (Å²) in [5.41, 5.74) is 2.12. The topological polar surface area (TPSA) is 9.23 Å². The van der Waals surface area contributed by atoms with Gasteiger partial charge < -0.3 is 4.74 Å². The first-order valence-corrected chi connectivity index (χ1v) is 7.71. The molecule has 1 nitrogen and oxygen atoms in total. The summed E-state index contributed by atoms with van der Waals surface area (Å²) in [5.74, 6) is 0.371. The van der Waals surface area contributed by atoms with Crippen LogP contribution in [0.4, 0.5) is 4.39 Å². The van der Waals surface area contributed by atoms with Crippen molar-refractivity contribution in [2.45, 2.75) is 11.8 Å². The van der Waals surface area contributed by atoms with Gasteiger partial charge in [-0.2, -0.15) is 0 Å². The number of rotatable bonds is 2. The van der Waals surface area contributed by atoms with Gasteiger partial charge in [0.05, 0.1) is 12.0 Å². The van der Waals surface area contributed by atoms with Gasteiger partial charge >= 0.3 is 0 Å². The van der Waals surface area contributed by atoms with Crippen molar-refractivity contribution < 1.29 is 9.13 Å². The number of ether oxygens (including phenoxy) is 1. The maximum Gasteiger partial charge on any atom is 0.129 e. The van der Waals surface area contributed by atoms with Crippen LogP contribution < -0.4 is 4.74 Å². The van der Waals surface area contributed by atoms with E-state index in [2.05, 4.69) is 15.9 Å². The number of hydrogen-bond acceptors (Lipinski definition) is 1. The van der Waals surface area contributed by atoms with Crippen molar-refractivity contribution in [2.75, 3.05) is 6.61 Å². The Kier molecular flexibility index (Phi) is 3.93. The lowest BCUT2D eigenvalue weighted by atomic mass is 10.00. The van der Waals surface area contributed by atoms with E-state index in [1.807, 2.05) is 6.07 Å². The van der Waals surface area contributed by atoms with Crippen molar-refractivity contribution in [1.29, 1.82) is 0 Å². The molecule has 0 spiro atoms. The predicted octanol–water partition coefficient (Wildman–Crippen LogP) is 5.50. The summed E-state index contributed by atoms with van der Waals surface area (Å²) in [4.78, 5) is 0. The molecule has 2 aromatic carbocycles. The molecule has 0 fully saturated rings. The van der Waals surface area contributed by atoms with Crippen molar-refractivity contribution in [1.82, 2.24) is 0 Å². The van der Waals surface area contributed by atoms with E-state index >= 15 is 0 Å². The average Bonchev–Trinajstić information content (AvgIpc) is 2.85. The zero-order valence-corrected chi connectivity index (χ0v) is 13.4. The minimum atomic E-state index is -0.656. The van der Waals surface area contributed by atoms with Crippen LogP contribution in [0, 0.1) is 5.82 Å². The van der Waals surface area contributed by atoms with Crippen LogP contribution in [0.1, 0.15) is 22.1 Å². The van der Waals surface area contributed by atoms with E-state index in [9.17, 15) is 4.39 Å². The first kappa shape index (κ1) is 14.2. The highest BCUT2D eigenvalue weighted by molar-refractivity contribution is 9.10. The summed E-state index contributed by atoms with van der Waals surface area (Å²) in [7, 11) is 0. The molecule has 20 heavy (non-hydrogen) atoms. The largest absolute Gasteiger partial charge is 0.493 e. The van der Waals surface area contributed by atoms with E-state index in [1.54, 1.807) is 18.2 Å². The number of fused-ring (bicyclic) bond motifs is 1. The fraction of sp³-hybridized carbons (Fsp3) is 0.200. The Hall–Kier alpha value is -0.770. The molecule has 104 valence electrons. The Balaban J connectivity index is 2.14. The summed E-state index contributed by atoms with van der Waals surface area (Å²) in [6.45, 7) is 0.602. The molecule has 0 radical (unpaired) electrons. The van der Waals surface area contributed by atoms with Gasteiger partial charge in [0, 0.05) is 27.0 Å². The fourth-order valence-electron chi connectivity index (χ4n) is 2.39. The van der Waals surface area contributed by atoms with Gasteiger partial charge in [0.2, 0.25) is 0 Å². The second-order valence-electron chi connectivity index (χ2n) is 4.58. The quantitative estimate of drug-likeness (QED) is 0.629. The molecule has 1 heterocycles. The Morgan fingerprint density at radius 1 is 1.30 bits per heavy atom. The molecular formula is C15H10BrCl2FO. The Morgan fingerprint density at radius 3 is 2.85 bits per heavy atom. The molecule has 0 saturated carbocycles. The van der Waals surface area contributed by atoms with Crippen LogP contribution in [-0.4, -0.2) is 6.61 Å². The zero-order valence-electron chi connectivity index (χ0n) is 10.3.